The van der Waals surface area contributed by atoms with Crippen molar-refractivity contribution in [1.82, 2.24) is 5.32 Å². The molecule has 1 fully saturated rings. The second kappa shape index (κ2) is 5.22. The highest BCUT2D eigenvalue weighted by Gasteiger charge is 2.49. The second-order valence-corrected chi connectivity index (χ2v) is 6.05. The van der Waals surface area contributed by atoms with Crippen molar-refractivity contribution in [2.24, 2.45) is 11.3 Å². The van der Waals surface area contributed by atoms with Gasteiger partial charge in [0, 0.05) is 6.04 Å². The summed E-state index contributed by atoms with van der Waals surface area (Å²) >= 11 is 0. The summed E-state index contributed by atoms with van der Waals surface area (Å²) in [5.41, 5.74) is 2.02. The molecule has 2 unspecified atom stereocenters. The molecule has 94 valence electrons. The van der Waals surface area contributed by atoms with E-state index in [0.29, 0.717) is 11.5 Å². The van der Waals surface area contributed by atoms with Gasteiger partial charge in [-0.05, 0) is 42.7 Å². The van der Waals surface area contributed by atoms with E-state index in [-0.39, 0.29) is 0 Å². The van der Waals surface area contributed by atoms with Gasteiger partial charge in [-0.15, -0.1) is 0 Å². The predicted octanol–water partition coefficient (Wildman–Crippen LogP) is 3.64. The molecule has 2 atom stereocenters. The van der Waals surface area contributed by atoms with Crippen LogP contribution in [-0.2, 0) is 6.42 Å². The standard InChI is InChI=1S/C16H25N/c1-4-10-17-15(14-12-16(14,2)3)11-13-8-6-5-7-9-13/h5-9,14-15,17H,4,10-12H2,1-3H3. The smallest absolute Gasteiger partial charge is 0.0141 e. The highest BCUT2D eigenvalue weighted by atomic mass is 14.9. The Morgan fingerprint density at radius 3 is 2.47 bits per heavy atom. The van der Waals surface area contributed by atoms with Gasteiger partial charge in [0.1, 0.15) is 0 Å². The van der Waals surface area contributed by atoms with Gasteiger partial charge in [-0.25, -0.2) is 0 Å². The van der Waals surface area contributed by atoms with Gasteiger partial charge < -0.3 is 5.32 Å². The molecular weight excluding hydrogens is 206 g/mol. The Bertz CT molecular complexity index is 342. The quantitative estimate of drug-likeness (QED) is 0.788. The van der Waals surface area contributed by atoms with Crippen LogP contribution in [-0.4, -0.2) is 12.6 Å². The van der Waals surface area contributed by atoms with Gasteiger partial charge >= 0.3 is 0 Å². The van der Waals surface area contributed by atoms with Crippen LogP contribution in [0, 0.1) is 11.3 Å². The fraction of sp³-hybridized carbons (Fsp3) is 0.625. The molecule has 1 aromatic carbocycles. The fourth-order valence-electron chi connectivity index (χ4n) is 2.75. The second-order valence-electron chi connectivity index (χ2n) is 6.05. The molecule has 0 amide bonds. The Morgan fingerprint density at radius 1 is 1.29 bits per heavy atom. The molecule has 0 bridgehead atoms. The monoisotopic (exact) mass is 231 g/mol. The largest absolute Gasteiger partial charge is 0.313 e. The van der Waals surface area contributed by atoms with Gasteiger partial charge in [0.05, 0.1) is 0 Å². The third-order valence-electron chi connectivity index (χ3n) is 4.03. The minimum absolute atomic E-state index is 0.556. The minimum atomic E-state index is 0.556. The van der Waals surface area contributed by atoms with Crippen LogP contribution in [0.2, 0.25) is 0 Å². The van der Waals surface area contributed by atoms with Crippen LogP contribution < -0.4 is 5.32 Å². The highest BCUT2D eigenvalue weighted by Crippen LogP contribution is 2.54. The summed E-state index contributed by atoms with van der Waals surface area (Å²) in [6, 6.07) is 11.5. The molecule has 1 saturated carbocycles. The summed E-state index contributed by atoms with van der Waals surface area (Å²) in [5.74, 6) is 0.856. The zero-order valence-corrected chi connectivity index (χ0v) is 11.4. The van der Waals surface area contributed by atoms with E-state index >= 15 is 0 Å². The van der Waals surface area contributed by atoms with Crippen molar-refractivity contribution in [3.05, 3.63) is 35.9 Å². The van der Waals surface area contributed by atoms with Crippen molar-refractivity contribution >= 4 is 0 Å². The molecule has 17 heavy (non-hydrogen) atoms. The summed E-state index contributed by atoms with van der Waals surface area (Å²) in [5, 5.41) is 3.74. The van der Waals surface area contributed by atoms with Gasteiger partial charge in [-0.2, -0.15) is 0 Å². The van der Waals surface area contributed by atoms with E-state index in [9.17, 15) is 0 Å². The zero-order valence-electron chi connectivity index (χ0n) is 11.4. The molecule has 2 rings (SSSR count). The summed E-state index contributed by atoms with van der Waals surface area (Å²) in [6.45, 7) is 8.17. The zero-order chi connectivity index (χ0) is 12.3. The Morgan fingerprint density at radius 2 is 1.94 bits per heavy atom. The van der Waals surface area contributed by atoms with Crippen molar-refractivity contribution in [2.45, 2.75) is 46.1 Å². The van der Waals surface area contributed by atoms with Gasteiger partial charge in [0.2, 0.25) is 0 Å². The minimum Gasteiger partial charge on any atom is -0.313 e. The van der Waals surface area contributed by atoms with Crippen LogP contribution in [0.5, 0.6) is 0 Å². The van der Waals surface area contributed by atoms with Crippen LogP contribution in [0.3, 0.4) is 0 Å². The average Bonchev–Trinajstić information content (AvgIpc) is 2.95. The molecular formula is C16H25N. The molecule has 1 aliphatic rings. The van der Waals surface area contributed by atoms with Crippen LogP contribution in [0.25, 0.3) is 0 Å². The molecule has 0 aliphatic heterocycles. The third kappa shape index (κ3) is 3.32. The van der Waals surface area contributed by atoms with E-state index in [0.717, 1.165) is 12.5 Å². The fourth-order valence-corrected chi connectivity index (χ4v) is 2.75. The van der Waals surface area contributed by atoms with Crippen molar-refractivity contribution in [3.8, 4) is 0 Å². The maximum atomic E-state index is 3.74. The van der Waals surface area contributed by atoms with E-state index in [1.54, 1.807) is 0 Å². The Balaban J connectivity index is 1.97. The average molecular weight is 231 g/mol. The number of nitrogens with one attached hydrogen (secondary N) is 1. The maximum Gasteiger partial charge on any atom is 0.0141 e. The Hall–Kier alpha value is -0.820. The summed E-state index contributed by atoms with van der Waals surface area (Å²) < 4.78 is 0. The Labute approximate surface area is 106 Å². The first-order valence-corrected chi connectivity index (χ1v) is 6.91. The molecule has 1 nitrogen and oxygen atoms in total. The van der Waals surface area contributed by atoms with E-state index < -0.39 is 0 Å². The van der Waals surface area contributed by atoms with Gasteiger partial charge in [0.15, 0.2) is 0 Å². The van der Waals surface area contributed by atoms with Crippen LogP contribution in [0.15, 0.2) is 30.3 Å². The molecule has 1 aromatic rings. The van der Waals surface area contributed by atoms with Gasteiger partial charge in [-0.1, -0.05) is 51.1 Å². The molecule has 1 aliphatic carbocycles. The van der Waals surface area contributed by atoms with Crippen molar-refractivity contribution in [2.75, 3.05) is 6.54 Å². The topological polar surface area (TPSA) is 12.0 Å². The number of hydrogen-bond acceptors (Lipinski definition) is 1. The van der Waals surface area contributed by atoms with E-state index in [1.165, 1.54) is 24.8 Å². The lowest BCUT2D eigenvalue weighted by Gasteiger charge is -2.20. The summed E-state index contributed by atoms with van der Waals surface area (Å²) in [4.78, 5) is 0. The number of benzene rings is 1. The lowest BCUT2D eigenvalue weighted by atomic mass is 9.97. The van der Waals surface area contributed by atoms with Crippen LogP contribution >= 0.6 is 0 Å². The highest BCUT2D eigenvalue weighted by molar-refractivity contribution is 5.17. The Kier molecular flexibility index (Phi) is 3.88. The molecule has 1 N–H and O–H groups in total. The van der Waals surface area contributed by atoms with E-state index in [1.807, 2.05) is 0 Å². The molecule has 1 heteroatoms. The molecule has 0 heterocycles. The van der Waals surface area contributed by atoms with Crippen LogP contribution in [0.4, 0.5) is 0 Å². The van der Waals surface area contributed by atoms with Gasteiger partial charge in [-0.3, -0.25) is 0 Å². The normalized spacial score (nSPS) is 23.4. The first kappa shape index (κ1) is 12.6. The number of rotatable bonds is 6. The predicted molar refractivity (Wildman–Crippen MR) is 74.1 cm³/mol. The van der Waals surface area contributed by atoms with E-state index in [4.69, 9.17) is 0 Å². The first-order chi connectivity index (χ1) is 8.13. The van der Waals surface area contributed by atoms with Crippen molar-refractivity contribution in [3.63, 3.8) is 0 Å². The lowest BCUT2D eigenvalue weighted by Crippen LogP contribution is -2.35. The lowest BCUT2D eigenvalue weighted by molar-refractivity contribution is 0.402. The summed E-state index contributed by atoms with van der Waals surface area (Å²) in [7, 11) is 0. The molecule has 0 radical (unpaired) electrons. The first-order valence-electron chi connectivity index (χ1n) is 6.91. The number of hydrogen-bond donors (Lipinski definition) is 1. The van der Waals surface area contributed by atoms with Crippen molar-refractivity contribution in [1.29, 1.82) is 0 Å². The summed E-state index contributed by atoms with van der Waals surface area (Å²) in [6.07, 6.45) is 3.77. The van der Waals surface area contributed by atoms with Crippen molar-refractivity contribution < 1.29 is 0 Å². The molecule has 0 spiro atoms. The van der Waals surface area contributed by atoms with Gasteiger partial charge in [0.25, 0.3) is 0 Å². The maximum absolute atomic E-state index is 3.74. The third-order valence-corrected chi connectivity index (χ3v) is 4.03. The van der Waals surface area contributed by atoms with E-state index in [2.05, 4.69) is 56.4 Å². The SMILES string of the molecule is CCCNC(Cc1ccccc1)C1CC1(C)C. The molecule has 0 saturated heterocycles. The molecule has 0 aromatic heterocycles. The van der Waals surface area contributed by atoms with Crippen LogP contribution in [0.1, 0.15) is 39.2 Å².